The van der Waals surface area contributed by atoms with E-state index in [4.69, 9.17) is 4.74 Å². The quantitative estimate of drug-likeness (QED) is 0.591. The molecule has 9 heteroatoms. The molecular formula is C21H28N2O5S2. The molecule has 2 aromatic rings. The van der Waals surface area contributed by atoms with Crippen molar-refractivity contribution in [3.63, 3.8) is 0 Å². The van der Waals surface area contributed by atoms with Crippen LogP contribution in [-0.4, -0.2) is 45.4 Å². The SMILES string of the molecule is Cc1cc(C)c(C)c(S(=O)(=O)NCCC(=O)OCC(=O)N(C)Cc2cccs2)c1C. The van der Waals surface area contributed by atoms with Crippen molar-refractivity contribution < 1.29 is 22.7 Å². The van der Waals surface area contributed by atoms with Crippen LogP contribution in [0.3, 0.4) is 0 Å². The number of hydrogen-bond donors (Lipinski definition) is 1. The number of carbonyl (C=O) groups is 2. The molecule has 0 unspecified atom stereocenters. The fourth-order valence-electron chi connectivity index (χ4n) is 2.99. The van der Waals surface area contributed by atoms with Crippen molar-refractivity contribution >= 4 is 33.2 Å². The summed E-state index contributed by atoms with van der Waals surface area (Å²) in [6.07, 6.45) is -0.163. The molecule has 1 aromatic carbocycles. The fraction of sp³-hybridized carbons (Fsp3) is 0.429. The maximum atomic E-state index is 12.7. The van der Waals surface area contributed by atoms with E-state index in [0.717, 1.165) is 16.0 Å². The largest absolute Gasteiger partial charge is 0.456 e. The lowest BCUT2D eigenvalue weighted by Gasteiger charge is -2.17. The van der Waals surface area contributed by atoms with Crippen LogP contribution in [0, 0.1) is 27.7 Å². The highest BCUT2D eigenvalue weighted by Gasteiger charge is 2.22. The normalized spacial score (nSPS) is 11.4. The number of rotatable bonds is 9. The lowest BCUT2D eigenvalue weighted by molar-refractivity contribution is -0.151. The second-order valence-electron chi connectivity index (χ2n) is 7.23. The highest BCUT2D eigenvalue weighted by Crippen LogP contribution is 2.25. The molecule has 0 saturated carbocycles. The molecule has 0 fully saturated rings. The van der Waals surface area contributed by atoms with Crippen molar-refractivity contribution in [3.05, 3.63) is 50.7 Å². The first-order valence-electron chi connectivity index (χ1n) is 9.52. The van der Waals surface area contributed by atoms with Gasteiger partial charge in [-0.3, -0.25) is 9.59 Å². The van der Waals surface area contributed by atoms with Gasteiger partial charge in [0.2, 0.25) is 10.0 Å². The summed E-state index contributed by atoms with van der Waals surface area (Å²) in [4.78, 5) is 26.8. The van der Waals surface area contributed by atoms with Gasteiger partial charge in [0.05, 0.1) is 17.9 Å². The van der Waals surface area contributed by atoms with Gasteiger partial charge in [0.25, 0.3) is 5.91 Å². The van der Waals surface area contributed by atoms with Crippen LogP contribution < -0.4 is 4.72 Å². The predicted molar refractivity (Wildman–Crippen MR) is 117 cm³/mol. The van der Waals surface area contributed by atoms with E-state index in [9.17, 15) is 18.0 Å². The Morgan fingerprint density at radius 3 is 2.33 bits per heavy atom. The Hall–Kier alpha value is -2.23. The minimum atomic E-state index is -3.77. The number of esters is 1. The molecular weight excluding hydrogens is 424 g/mol. The van der Waals surface area contributed by atoms with E-state index < -0.39 is 16.0 Å². The Kier molecular flexibility index (Phi) is 8.17. The van der Waals surface area contributed by atoms with Gasteiger partial charge < -0.3 is 9.64 Å². The van der Waals surface area contributed by atoms with Gasteiger partial charge in [0, 0.05) is 18.5 Å². The standard InChI is InChI=1S/C21H28N2O5S2/c1-14-11-15(2)17(4)21(16(14)3)30(26,27)22-9-8-20(25)28-13-19(24)23(5)12-18-7-6-10-29-18/h6-7,10-11,22H,8-9,12-13H2,1-5H3. The number of aryl methyl sites for hydroxylation is 2. The van der Waals surface area contributed by atoms with Crippen LogP contribution in [-0.2, 0) is 30.9 Å². The molecule has 1 aromatic heterocycles. The summed E-state index contributed by atoms with van der Waals surface area (Å²) in [5.41, 5.74) is 3.16. The summed E-state index contributed by atoms with van der Waals surface area (Å²) in [5.74, 6) is -0.955. The summed E-state index contributed by atoms with van der Waals surface area (Å²) in [7, 11) is -2.13. The van der Waals surface area contributed by atoms with Crippen molar-refractivity contribution in [2.45, 2.75) is 45.6 Å². The van der Waals surface area contributed by atoms with Crippen LogP contribution in [0.4, 0.5) is 0 Å². The molecule has 1 heterocycles. The highest BCUT2D eigenvalue weighted by molar-refractivity contribution is 7.89. The number of thiophene rings is 1. The molecule has 0 aliphatic carbocycles. The molecule has 0 bridgehead atoms. The van der Waals surface area contributed by atoms with Crippen LogP contribution in [0.25, 0.3) is 0 Å². The Labute approximate surface area is 182 Å². The monoisotopic (exact) mass is 452 g/mol. The molecule has 0 atom stereocenters. The number of benzene rings is 1. The maximum absolute atomic E-state index is 12.7. The van der Waals surface area contributed by atoms with Crippen LogP contribution >= 0.6 is 11.3 Å². The zero-order valence-electron chi connectivity index (χ0n) is 17.9. The molecule has 0 saturated heterocycles. The number of carbonyl (C=O) groups excluding carboxylic acids is 2. The van der Waals surface area contributed by atoms with Gasteiger partial charge in [-0.15, -0.1) is 11.3 Å². The van der Waals surface area contributed by atoms with E-state index in [-0.39, 0.29) is 30.4 Å². The van der Waals surface area contributed by atoms with Gasteiger partial charge in [-0.05, 0) is 61.4 Å². The maximum Gasteiger partial charge on any atom is 0.307 e. The van der Waals surface area contributed by atoms with E-state index in [1.807, 2.05) is 37.4 Å². The molecule has 1 amide bonds. The topological polar surface area (TPSA) is 92.8 Å². The van der Waals surface area contributed by atoms with Gasteiger partial charge in [-0.2, -0.15) is 0 Å². The number of nitrogens with one attached hydrogen (secondary N) is 1. The number of amides is 1. The molecule has 0 radical (unpaired) electrons. The summed E-state index contributed by atoms with van der Waals surface area (Å²) in [5, 5.41) is 1.93. The van der Waals surface area contributed by atoms with Crippen molar-refractivity contribution in [1.29, 1.82) is 0 Å². The lowest BCUT2D eigenvalue weighted by Crippen LogP contribution is -2.32. The Morgan fingerprint density at radius 1 is 1.13 bits per heavy atom. The first kappa shape index (κ1) is 24.0. The van der Waals surface area contributed by atoms with Gasteiger partial charge in [0.1, 0.15) is 0 Å². The molecule has 7 nitrogen and oxygen atoms in total. The van der Waals surface area contributed by atoms with E-state index >= 15 is 0 Å². The fourth-order valence-corrected chi connectivity index (χ4v) is 5.39. The minimum absolute atomic E-state index is 0.105. The van der Waals surface area contributed by atoms with Crippen LogP contribution in [0.1, 0.15) is 33.6 Å². The first-order valence-corrected chi connectivity index (χ1v) is 11.9. The zero-order valence-corrected chi connectivity index (χ0v) is 19.6. The molecule has 0 aliphatic rings. The number of sulfonamides is 1. The Balaban J connectivity index is 1.85. The number of nitrogens with zero attached hydrogens (tertiary/aromatic N) is 1. The lowest BCUT2D eigenvalue weighted by atomic mass is 10.0. The summed E-state index contributed by atoms with van der Waals surface area (Å²) in [6, 6.07) is 5.78. The van der Waals surface area contributed by atoms with Gasteiger partial charge in [0.15, 0.2) is 6.61 Å². The third kappa shape index (κ3) is 6.13. The Bertz CT molecular complexity index is 988. The van der Waals surface area contributed by atoms with Gasteiger partial charge in [-0.1, -0.05) is 12.1 Å². The Morgan fingerprint density at radius 2 is 1.77 bits per heavy atom. The molecule has 0 aliphatic heterocycles. The molecule has 164 valence electrons. The summed E-state index contributed by atoms with van der Waals surface area (Å²) in [6.45, 7) is 7.23. The van der Waals surface area contributed by atoms with Gasteiger partial charge >= 0.3 is 5.97 Å². The predicted octanol–water partition coefficient (Wildman–Crippen LogP) is 2.85. The third-order valence-electron chi connectivity index (χ3n) is 4.94. The highest BCUT2D eigenvalue weighted by atomic mass is 32.2. The second-order valence-corrected chi connectivity index (χ2v) is 9.96. The summed E-state index contributed by atoms with van der Waals surface area (Å²) >= 11 is 1.54. The zero-order chi connectivity index (χ0) is 22.5. The number of ether oxygens (including phenoxy) is 1. The van der Waals surface area contributed by atoms with Crippen LogP contribution in [0.15, 0.2) is 28.5 Å². The van der Waals surface area contributed by atoms with Crippen molar-refractivity contribution in [2.75, 3.05) is 20.2 Å². The van der Waals surface area contributed by atoms with Crippen molar-refractivity contribution in [1.82, 2.24) is 9.62 Å². The minimum Gasteiger partial charge on any atom is -0.456 e. The van der Waals surface area contributed by atoms with E-state index in [0.29, 0.717) is 17.7 Å². The second kappa shape index (κ2) is 10.2. The summed E-state index contributed by atoms with van der Waals surface area (Å²) < 4.78 is 32.9. The molecule has 2 rings (SSSR count). The average Bonchev–Trinajstić information content (AvgIpc) is 3.17. The molecule has 30 heavy (non-hydrogen) atoms. The van der Waals surface area contributed by atoms with Crippen LogP contribution in [0.2, 0.25) is 0 Å². The van der Waals surface area contributed by atoms with Crippen molar-refractivity contribution in [2.24, 2.45) is 0 Å². The van der Waals surface area contributed by atoms with E-state index in [1.54, 1.807) is 32.2 Å². The van der Waals surface area contributed by atoms with Crippen molar-refractivity contribution in [3.8, 4) is 0 Å². The molecule has 1 N–H and O–H groups in total. The van der Waals surface area contributed by atoms with Crippen LogP contribution in [0.5, 0.6) is 0 Å². The average molecular weight is 453 g/mol. The smallest absolute Gasteiger partial charge is 0.307 e. The first-order chi connectivity index (χ1) is 14.0. The number of hydrogen-bond acceptors (Lipinski definition) is 6. The van der Waals surface area contributed by atoms with Gasteiger partial charge in [-0.25, -0.2) is 13.1 Å². The molecule has 0 spiro atoms. The number of likely N-dealkylation sites (N-methyl/N-ethyl adjacent to an activating group) is 1. The third-order valence-corrected chi connectivity index (χ3v) is 7.54. The van der Waals surface area contributed by atoms with E-state index in [2.05, 4.69) is 4.72 Å². The van der Waals surface area contributed by atoms with E-state index in [1.165, 1.54) is 4.90 Å².